The van der Waals surface area contributed by atoms with E-state index in [4.69, 9.17) is 9.47 Å². The topological polar surface area (TPSA) is 72.8 Å². The molecular formula is C22H34O5. The van der Waals surface area contributed by atoms with Crippen LogP contribution in [0.3, 0.4) is 0 Å². The van der Waals surface area contributed by atoms with Gasteiger partial charge in [0.05, 0.1) is 24.3 Å². The van der Waals surface area contributed by atoms with Crippen molar-refractivity contribution < 1.29 is 24.2 Å². The van der Waals surface area contributed by atoms with Gasteiger partial charge < -0.3 is 14.6 Å². The molecule has 1 N–H and O–H groups in total. The first-order valence-electron chi connectivity index (χ1n) is 10.3. The van der Waals surface area contributed by atoms with Crippen molar-refractivity contribution in [2.45, 2.75) is 78.1 Å². The van der Waals surface area contributed by atoms with Gasteiger partial charge in [-0.25, -0.2) is 9.59 Å². The molecule has 0 aliphatic rings. The van der Waals surface area contributed by atoms with Crippen molar-refractivity contribution in [2.24, 2.45) is 0 Å². The number of benzene rings is 1. The molecular weight excluding hydrogens is 344 g/mol. The zero-order valence-corrected chi connectivity index (χ0v) is 16.8. The molecule has 1 aromatic rings. The van der Waals surface area contributed by atoms with E-state index in [1.807, 2.05) is 0 Å². The van der Waals surface area contributed by atoms with Crippen molar-refractivity contribution in [1.29, 1.82) is 0 Å². The van der Waals surface area contributed by atoms with Crippen molar-refractivity contribution in [2.75, 3.05) is 13.2 Å². The molecule has 0 saturated carbocycles. The number of ether oxygens (including phenoxy) is 2. The summed E-state index contributed by atoms with van der Waals surface area (Å²) in [6, 6.07) is 4.03. The third-order valence-corrected chi connectivity index (χ3v) is 4.35. The summed E-state index contributed by atoms with van der Waals surface area (Å²) in [6.45, 7) is 4.99. The number of esters is 2. The molecule has 5 heteroatoms. The molecule has 1 aromatic carbocycles. The zero-order chi connectivity index (χ0) is 19.9. The molecule has 0 bridgehead atoms. The van der Waals surface area contributed by atoms with Gasteiger partial charge in [-0.05, 0) is 31.0 Å². The molecule has 0 saturated heterocycles. The van der Waals surface area contributed by atoms with Gasteiger partial charge in [0.2, 0.25) is 0 Å². The molecule has 0 fully saturated rings. The number of unbranched alkanes of at least 4 members (excludes halogenated alkanes) is 8. The number of rotatable bonds is 14. The molecule has 0 atom stereocenters. The van der Waals surface area contributed by atoms with E-state index in [0.717, 1.165) is 38.5 Å². The molecule has 0 aliphatic carbocycles. The molecule has 0 aliphatic heterocycles. The van der Waals surface area contributed by atoms with Crippen LogP contribution in [-0.4, -0.2) is 30.3 Å². The van der Waals surface area contributed by atoms with Crippen molar-refractivity contribution in [1.82, 2.24) is 0 Å². The molecule has 1 rings (SSSR count). The van der Waals surface area contributed by atoms with Gasteiger partial charge in [0, 0.05) is 0 Å². The third-order valence-electron chi connectivity index (χ3n) is 4.35. The summed E-state index contributed by atoms with van der Waals surface area (Å²) in [4.78, 5) is 24.3. The molecule has 5 nitrogen and oxygen atoms in total. The first kappa shape index (κ1) is 23.0. The van der Waals surface area contributed by atoms with Gasteiger partial charge in [0.1, 0.15) is 5.75 Å². The fourth-order valence-corrected chi connectivity index (χ4v) is 2.75. The molecule has 0 unspecified atom stereocenters. The largest absolute Gasteiger partial charge is 0.508 e. The lowest BCUT2D eigenvalue weighted by Gasteiger charge is -2.08. The number of hydrogen-bond acceptors (Lipinski definition) is 5. The van der Waals surface area contributed by atoms with Gasteiger partial charge in [-0.1, -0.05) is 65.2 Å². The van der Waals surface area contributed by atoms with E-state index in [1.165, 1.54) is 43.9 Å². The SMILES string of the molecule is CCCCCCCOC(=O)c1cc(O)cc(C(=O)OCCCCCCC)c1. The summed E-state index contributed by atoms with van der Waals surface area (Å²) in [5.41, 5.74) is 0.330. The standard InChI is InChI=1S/C22H34O5/c1-3-5-7-9-11-13-26-21(24)18-15-19(17-20(23)16-18)22(25)27-14-12-10-8-6-4-2/h15-17,23H,3-14H2,1-2H3. The lowest BCUT2D eigenvalue weighted by molar-refractivity contribution is 0.0495. The van der Waals surface area contributed by atoms with Gasteiger partial charge in [0.15, 0.2) is 0 Å². The lowest BCUT2D eigenvalue weighted by Crippen LogP contribution is -2.10. The van der Waals surface area contributed by atoms with E-state index in [0.29, 0.717) is 13.2 Å². The lowest BCUT2D eigenvalue weighted by atomic mass is 10.1. The molecule has 152 valence electrons. The van der Waals surface area contributed by atoms with Crippen molar-refractivity contribution in [3.63, 3.8) is 0 Å². The van der Waals surface area contributed by atoms with Crippen molar-refractivity contribution in [3.05, 3.63) is 29.3 Å². The average Bonchev–Trinajstić information content (AvgIpc) is 2.66. The van der Waals surface area contributed by atoms with Crippen LogP contribution in [0.5, 0.6) is 5.75 Å². The minimum atomic E-state index is -0.532. The molecule has 0 aromatic heterocycles. The van der Waals surface area contributed by atoms with E-state index in [1.54, 1.807) is 0 Å². The third kappa shape index (κ3) is 10.0. The Morgan fingerprint density at radius 3 is 1.52 bits per heavy atom. The van der Waals surface area contributed by atoms with E-state index < -0.39 is 11.9 Å². The fourth-order valence-electron chi connectivity index (χ4n) is 2.75. The highest BCUT2D eigenvalue weighted by Crippen LogP contribution is 2.18. The van der Waals surface area contributed by atoms with Crippen LogP contribution in [0.15, 0.2) is 18.2 Å². The second-order valence-corrected chi connectivity index (χ2v) is 6.87. The highest BCUT2D eigenvalue weighted by Gasteiger charge is 2.15. The first-order chi connectivity index (χ1) is 13.1. The van der Waals surface area contributed by atoms with Gasteiger partial charge >= 0.3 is 11.9 Å². The number of hydrogen-bond donors (Lipinski definition) is 1. The van der Waals surface area contributed by atoms with Gasteiger partial charge in [-0.2, -0.15) is 0 Å². The van der Waals surface area contributed by atoms with Crippen LogP contribution in [0.4, 0.5) is 0 Å². The Bertz CT molecular complexity index is 522. The number of carbonyl (C=O) groups excluding carboxylic acids is 2. The Labute approximate surface area is 163 Å². The Morgan fingerprint density at radius 1 is 0.704 bits per heavy atom. The fraction of sp³-hybridized carbons (Fsp3) is 0.636. The maximum absolute atomic E-state index is 12.1. The molecule has 0 amide bonds. The van der Waals surface area contributed by atoms with Crippen LogP contribution in [0.25, 0.3) is 0 Å². The van der Waals surface area contributed by atoms with Gasteiger partial charge in [-0.15, -0.1) is 0 Å². The van der Waals surface area contributed by atoms with Gasteiger partial charge in [0.25, 0.3) is 0 Å². The average molecular weight is 379 g/mol. The Balaban J connectivity index is 2.45. The second-order valence-electron chi connectivity index (χ2n) is 6.87. The minimum Gasteiger partial charge on any atom is -0.508 e. The number of aromatic hydroxyl groups is 1. The van der Waals surface area contributed by atoms with E-state index in [-0.39, 0.29) is 16.9 Å². The first-order valence-corrected chi connectivity index (χ1v) is 10.3. The number of phenols is 1. The smallest absolute Gasteiger partial charge is 0.338 e. The highest BCUT2D eigenvalue weighted by molar-refractivity contribution is 5.96. The quantitative estimate of drug-likeness (QED) is 0.335. The molecule has 0 heterocycles. The maximum Gasteiger partial charge on any atom is 0.338 e. The predicted octanol–water partition coefficient (Wildman–Crippen LogP) is 5.65. The van der Waals surface area contributed by atoms with E-state index in [2.05, 4.69) is 13.8 Å². The minimum absolute atomic E-state index is 0.151. The Kier molecular flexibility index (Phi) is 12.0. The molecule has 27 heavy (non-hydrogen) atoms. The zero-order valence-electron chi connectivity index (χ0n) is 16.8. The van der Waals surface area contributed by atoms with E-state index in [9.17, 15) is 14.7 Å². The van der Waals surface area contributed by atoms with Crippen LogP contribution in [0.2, 0.25) is 0 Å². The summed E-state index contributed by atoms with van der Waals surface area (Å²) in [5.74, 6) is -1.22. The van der Waals surface area contributed by atoms with Gasteiger partial charge in [-0.3, -0.25) is 0 Å². The number of carbonyl (C=O) groups is 2. The van der Waals surface area contributed by atoms with Crippen LogP contribution in [0.1, 0.15) is 98.8 Å². The molecule has 0 radical (unpaired) electrons. The maximum atomic E-state index is 12.1. The molecule has 0 spiro atoms. The number of phenolic OH excluding ortho intramolecular Hbond substituents is 1. The van der Waals surface area contributed by atoms with E-state index >= 15 is 0 Å². The Hall–Kier alpha value is -2.04. The van der Waals surface area contributed by atoms with Crippen LogP contribution < -0.4 is 0 Å². The summed E-state index contributed by atoms with van der Waals surface area (Å²) in [5, 5.41) is 9.81. The van der Waals surface area contributed by atoms with Crippen molar-refractivity contribution in [3.8, 4) is 5.75 Å². The summed E-state index contributed by atoms with van der Waals surface area (Å²) >= 11 is 0. The normalized spacial score (nSPS) is 10.6. The second kappa shape index (κ2) is 14.1. The summed E-state index contributed by atoms with van der Waals surface area (Å²) < 4.78 is 10.5. The monoisotopic (exact) mass is 378 g/mol. The van der Waals surface area contributed by atoms with Crippen LogP contribution in [-0.2, 0) is 9.47 Å². The van der Waals surface area contributed by atoms with Crippen LogP contribution >= 0.6 is 0 Å². The summed E-state index contributed by atoms with van der Waals surface area (Å²) in [7, 11) is 0. The van der Waals surface area contributed by atoms with Crippen LogP contribution in [0, 0.1) is 0 Å². The summed E-state index contributed by atoms with van der Waals surface area (Å²) in [6.07, 6.45) is 10.7. The highest BCUT2D eigenvalue weighted by atomic mass is 16.5. The Morgan fingerprint density at radius 2 is 1.11 bits per heavy atom. The predicted molar refractivity (Wildman–Crippen MR) is 106 cm³/mol. The van der Waals surface area contributed by atoms with Crippen molar-refractivity contribution >= 4 is 11.9 Å².